The Bertz CT molecular complexity index is 444. The third kappa shape index (κ3) is 2.98. The van der Waals surface area contributed by atoms with Gasteiger partial charge in [-0.05, 0) is 29.6 Å². The molecule has 0 aliphatic carbocycles. The van der Waals surface area contributed by atoms with Gasteiger partial charge in [-0.1, -0.05) is 23.7 Å². The van der Waals surface area contributed by atoms with Gasteiger partial charge in [0.2, 0.25) is 0 Å². The average molecular weight is 254 g/mol. The number of halogens is 1. The molecular weight excluding hydrogens is 242 g/mol. The Morgan fingerprint density at radius 3 is 2.88 bits per heavy atom. The second-order valence-corrected chi connectivity index (χ2v) is 4.81. The van der Waals surface area contributed by atoms with Crippen molar-refractivity contribution in [1.82, 2.24) is 0 Å². The number of benzene rings is 1. The van der Waals surface area contributed by atoms with E-state index in [9.17, 15) is 0 Å². The van der Waals surface area contributed by atoms with Gasteiger partial charge in [0.1, 0.15) is 12.4 Å². The fourth-order valence-electron chi connectivity index (χ4n) is 1.33. The van der Waals surface area contributed by atoms with Crippen LogP contribution in [0.15, 0.2) is 41.8 Å². The Kier molecular flexibility index (Phi) is 3.83. The molecule has 0 amide bonds. The molecule has 0 saturated carbocycles. The van der Waals surface area contributed by atoms with Crippen molar-refractivity contribution in [2.45, 2.75) is 6.04 Å². The predicted molar refractivity (Wildman–Crippen MR) is 68.2 cm³/mol. The highest BCUT2D eigenvalue weighted by Gasteiger charge is 2.07. The van der Waals surface area contributed by atoms with Gasteiger partial charge in [0, 0.05) is 9.90 Å². The van der Waals surface area contributed by atoms with Crippen LogP contribution in [0.3, 0.4) is 0 Å². The standard InChI is InChI=1S/C12H12ClNOS/c13-9-3-1-4-10(7-9)15-8-11(14)12-5-2-6-16-12/h1-7,11H,8,14H2. The minimum absolute atomic E-state index is 0.0843. The summed E-state index contributed by atoms with van der Waals surface area (Å²) >= 11 is 7.49. The number of ether oxygens (including phenoxy) is 1. The second-order valence-electron chi connectivity index (χ2n) is 3.39. The maximum absolute atomic E-state index is 5.98. The van der Waals surface area contributed by atoms with Gasteiger partial charge in [0.15, 0.2) is 0 Å². The van der Waals surface area contributed by atoms with Crippen LogP contribution in [0, 0.1) is 0 Å². The molecule has 2 aromatic rings. The van der Waals surface area contributed by atoms with Crippen molar-refractivity contribution >= 4 is 22.9 Å². The zero-order chi connectivity index (χ0) is 11.4. The highest BCUT2D eigenvalue weighted by molar-refractivity contribution is 7.10. The molecule has 1 atom stereocenters. The molecule has 0 spiro atoms. The fourth-order valence-corrected chi connectivity index (χ4v) is 2.22. The molecular formula is C12H12ClNOS. The monoisotopic (exact) mass is 253 g/mol. The molecule has 16 heavy (non-hydrogen) atoms. The van der Waals surface area contributed by atoms with Gasteiger partial charge in [-0.25, -0.2) is 0 Å². The Morgan fingerprint density at radius 2 is 2.19 bits per heavy atom. The van der Waals surface area contributed by atoms with Crippen molar-refractivity contribution < 1.29 is 4.74 Å². The van der Waals surface area contributed by atoms with E-state index in [1.807, 2.05) is 35.7 Å². The Labute approximate surface area is 104 Å². The molecule has 2 N–H and O–H groups in total. The molecule has 1 aromatic carbocycles. The van der Waals surface area contributed by atoms with Crippen LogP contribution < -0.4 is 10.5 Å². The number of hydrogen-bond acceptors (Lipinski definition) is 3. The molecule has 84 valence electrons. The summed E-state index contributed by atoms with van der Waals surface area (Å²) in [5.74, 6) is 0.750. The quantitative estimate of drug-likeness (QED) is 0.906. The van der Waals surface area contributed by atoms with Crippen LogP contribution in [-0.4, -0.2) is 6.61 Å². The molecule has 0 radical (unpaired) electrons. The van der Waals surface area contributed by atoms with Crippen LogP contribution in [0.4, 0.5) is 0 Å². The molecule has 0 aliphatic rings. The molecule has 0 bridgehead atoms. The van der Waals surface area contributed by atoms with Crippen LogP contribution in [0.5, 0.6) is 5.75 Å². The van der Waals surface area contributed by atoms with E-state index < -0.39 is 0 Å². The van der Waals surface area contributed by atoms with E-state index in [1.165, 1.54) is 0 Å². The fraction of sp³-hybridized carbons (Fsp3) is 0.167. The summed E-state index contributed by atoms with van der Waals surface area (Å²) in [6.45, 7) is 0.459. The van der Waals surface area contributed by atoms with E-state index in [-0.39, 0.29) is 6.04 Å². The van der Waals surface area contributed by atoms with Gasteiger partial charge >= 0.3 is 0 Å². The maximum Gasteiger partial charge on any atom is 0.120 e. The minimum Gasteiger partial charge on any atom is -0.492 e. The van der Waals surface area contributed by atoms with E-state index in [2.05, 4.69) is 0 Å². The van der Waals surface area contributed by atoms with Crippen molar-refractivity contribution in [3.05, 3.63) is 51.7 Å². The number of rotatable bonds is 4. The van der Waals surface area contributed by atoms with Gasteiger partial charge in [0.25, 0.3) is 0 Å². The van der Waals surface area contributed by atoms with Gasteiger partial charge < -0.3 is 10.5 Å². The Hall–Kier alpha value is -1.03. The first kappa shape index (κ1) is 11.5. The SMILES string of the molecule is NC(COc1cccc(Cl)c1)c1cccs1. The largest absolute Gasteiger partial charge is 0.492 e. The first-order valence-electron chi connectivity index (χ1n) is 4.93. The molecule has 1 unspecified atom stereocenters. The third-order valence-corrected chi connectivity index (χ3v) is 3.37. The molecule has 0 aliphatic heterocycles. The predicted octanol–water partition coefficient (Wildman–Crippen LogP) is 3.48. The van der Waals surface area contributed by atoms with Crippen molar-refractivity contribution in [1.29, 1.82) is 0 Å². The molecule has 0 fully saturated rings. The van der Waals surface area contributed by atoms with Gasteiger partial charge in [-0.3, -0.25) is 0 Å². The van der Waals surface area contributed by atoms with Crippen molar-refractivity contribution in [2.75, 3.05) is 6.61 Å². The summed E-state index contributed by atoms with van der Waals surface area (Å²) in [5.41, 5.74) is 5.98. The normalized spacial score (nSPS) is 12.4. The third-order valence-electron chi connectivity index (χ3n) is 2.13. The van der Waals surface area contributed by atoms with Crippen molar-refractivity contribution in [3.63, 3.8) is 0 Å². The van der Waals surface area contributed by atoms with E-state index in [4.69, 9.17) is 22.1 Å². The minimum atomic E-state index is -0.0843. The van der Waals surface area contributed by atoms with Gasteiger partial charge in [-0.2, -0.15) is 0 Å². The average Bonchev–Trinajstić information content (AvgIpc) is 2.79. The topological polar surface area (TPSA) is 35.2 Å². The highest BCUT2D eigenvalue weighted by Crippen LogP contribution is 2.20. The van der Waals surface area contributed by atoms with E-state index >= 15 is 0 Å². The van der Waals surface area contributed by atoms with Gasteiger partial charge in [0.05, 0.1) is 6.04 Å². The highest BCUT2D eigenvalue weighted by atomic mass is 35.5. The van der Waals surface area contributed by atoms with Crippen LogP contribution in [0.2, 0.25) is 5.02 Å². The second kappa shape index (κ2) is 5.34. The van der Waals surface area contributed by atoms with E-state index in [0.29, 0.717) is 11.6 Å². The van der Waals surface area contributed by atoms with Crippen molar-refractivity contribution in [2.24, 2.45) is 5.73 Å². The summed E-state index contributed by atoms with van der Waals surface area (Å²) in [6, 6.07) is 11.2. The van der Waals surface area contributed by atoms with Crippen LogP contribution in [0.1, 0.15) is 10.9 Å². The lowest BCUT2D eigenvalue weighted by Gasteiger charge is -2.11. The summed E-state index contributed by atoms with van der Waals surface area (Å²) in [4.78, 5) is 1.13. The zero-order valence-corrected chi connectivity index (χ0v) is 10.2. The van der Waals surface area contributed by atoms with Crippen LogP contribution in [-0.2, 0) is 0 Å². The first-order valence-corrected chi connectivity index (χ1v) is 6.19. The Morgan fingerprint density at radius 1 is 1.31 bits per heavy atom. The lowest BCUT2D eigenvalue weighted by atomic mass is 10.3. The molecule has 1 heterocycles. The summed E-state index contributed by atoms with van der Waals surface area (Å²) in [6.07, 6.45) is 0. The van der Waals surface area contributed by atoms with Crippen molar-refractivity contribution in [3.8, 4) is 5.75 Å². The smallest absolute Gasteiger partial charge is 0.120 e. The van der Waals surface area contributed by atoms with E-state index in [1.54, 1.807) is 17.4 Å². The summed E-state index contributed by atoms with van der Waals surface area (Å²) < 4.78 is 5.57. The van der Waals surface area contributed by atoms with Crippen LogP contribution >= 0.6 is 22.9 Å². The van der Waals surface area contributed by atoms with Crippen LogP contribution in [0.25, 0.3) is 0 Å². The number of nitrogens with two attached hydrogens (primary N) is 1. The summed E-state index contributed by atoms with van der Waals surface area (Å²) in [5, 5.41) is 2.68. The molecule has 0 saturated heterocycles. The lowest BCUT2D eigenvalue weighted by molar-refractivity contribution is 0.292. The van der Waals surface area contributed by atoms with E-state index in [0.717, 1.165) is 10.6 Å². The zero-order valence-electron chi connectivity index (χ0n) is 8.60. The first-order chi connectivity index (χ1) is 7.75. The molecule has 1 aromatic heterocycles. The summed E-state index contributed by atoms with van der Waals surface area (Å²) in [7, 11) is 0. The number of hydrogen-bond donors (Lipinski definition) is 1. The molecule has 2 rings (SSSR count). The molecule has 2 nitrogen and oxygen atoms in total. The van der Waals surface area contributed by atoms with Gasteiger partial charge in [-0.15, -0.1) is 11.3 Å². The molecule has 4 heteroatoms. The lowest BCUT2D eigenvalue weighted by Crippen LogP contribution is -2.17. The number of thiophene rings is 1. The maximum atomic E-state index is 5.98. The Balaban J connectivity index is 1.92.